The van der Waals surface area contributed by atoms with Crippen LogP contribution in [0, 0.1) is 0 Å². The lowest BCUT2D eigenvalue weighted by molar-refractivity contribution is -0.133. The van der Waals surface area contributed by atoms with E-state index in [1.54, 1.807) is 12.5 Å². The third-order valence-corrected chi connectivity index (χ3v) is 3.65. The van der Waals surface area contributed by atoms with Crippen molar-refractivity contribution in [2.24, 2.45) is 0 Å². The van der Waals surface area contributed by atoms with E-state index in [2.05, 4.69) is 0 Å². The minimum atomic E-state index is -0.843. The van der Waals surface area contributed by atoms with Crippen molar-refractivity contribution in [3.8, 4) is 11.5 Å². The van der Waals surface area contributed by atoms with Crippen LogP contribution >= 0.6 is 23.1 Å². The summed E-state index contributed by atoms with van der Waals surface area (Å²) in [6.07, 6.45) is 0. The van der Waals surface area contributed by atoms with E-state index in [0.717, 1.165) is 4.21 Å². The molecule has 14 heavy (non-hydrogen) atoms. The van der Waals surface area contributed by atoms with Gasteiger partial charge in [0.1, 0.15) is 4.21 Å². The summed E-state index contributed by atoms with van der Waals surface area (Å²) in [5.74, 6) is 0.443. The number of ether oxygens (including phenoxy) is 2. The Bertz CT molecular complexity index is 321. The molecule has 0 saturated heterocycles. The summed E-state index contributed by atoms with van der Waals surface area (Å²) in [6, 6.07) is 0. The zero-order valence-corrected chi connectivity index (χ0v) is 9.41. The maximum absolute atomic E-state index is 10.4. The van der Waals surface area contributed by atoms with Crippen molar-refractivity contribution in [1.29, 1.82) is 0 Å². The molecule has 1 N–H and O–H groups in total. The van der Waals surface area contributed by atoms with Crippen LogP contribution < -0.4 is 9.47 Å². The first-order valence-electron chi connectivity index (χ1n) is 3.73. The van der Waals surface area contributed by atoms with Crippen LogP contribution in [-0.2, 0) is 4.79 Å². The van der Waals surface area contributed by atoms with Crippen LogP contribution in [0.15, 0.2) is 9.59 Å². The molecule has 0 aliphatic carbocycles. The first-order valence-corrected chi connectivity index (χ1v) is 5.59. The van der Waals surface area contributed by atoms with Crippen molar-refractivity contribution < 1.29 is 19.4 Å². The second kappa shape index (κ2) is 5.11. The van der Waals surface area contributed by atoms with Crippen LogP contribution in [0.2, 0.25) is 0 Å². The molecule has 0 aliphatic rings. The first-order chi connectivity index (χ1) is 6.69. The number of carboxylic acids is 1. The highest BCUT2D eigenvalue weighted by atomic mass is 32.2. The highest BCUT2D eigenvalue weighted by molar-refractivity contribution is 8.01. The zero-order valence-electron chi connectivity index (χ0n) is 7.77. The number of thioether (sulfide) groups is 1. The average Bonchev–Trinajstić information content (AvgIpc) is 2.56. The molecule has 6 heteroatoms. The van der Waals surface area contributed by atoms with Gasteiger partial charge in [0.15, 0.2) is 11.5 Å². The van der Waals surface area contributed by atoms with Gasteiger partial charge < -0.3 is 14.6 Å². The average molecular weight is 234 g/mol. The molecule has 0 radical (unpaired) electrons. The van der Waals surface area contributed by atoms with Gasteiger partial charge in [0.2, 0.25) is 0 Å². The van der Waals surface area contributed by atoms with Crippen LogP contribution in [-0.4, -0.2) is 31.0 Å². The predicted octanol–water partition coefficient (Wildman–Crippen LogP) is 1.94. The fourth-order valence-electron chi connectivity index (χ4n) is 0.866. The van der Waals surface area contributed by atoms with Gasteiger partial charge in [-0.3, -0.25) is 4.79 Å². The maximum Gasteiger partial charge on any atom is 0.313 e. The van der Waals surface area contributed by atoms with Crippen molar-refractivity contribution >= 4 is 29.1 Å². The third kappa shape index (κ3) is 2.55. The summed E-state index contributed by atoms with van der Waals surface area (Å²) in [4.78, 5) is 10.4. The van der Waals surface area contributed by atoms with E-state index >= 15 is 0 Å². The van der Waals surface area contributed by atoms with E-state index in [1.165, 1.54) is 30.2 Å². The van der Waals surface area contributed by atoms with Gasteiger partial charge in [0.05, 0.1) is 20.0 Å². The quantitative estimate of drug-likeness (QED) is 0.789. The van der Waals surface area contributed by atoms with Crippen LogP contribution in [0.5, 0.6) is 11.5 Å². The standard InChI is InChI=1S/C8H10O4S2/c1-11-5-3-13-8(7(5)12-2)14-4-6(9)10/h3H,4H2,1-2H3,(H,9,10). The molecular formula is C8H10O4S2. The lowest BCUT2D eigenvalue weighted by Gasteiger charge is -2.03. The van der Waals surface area contributed by atoms with Crippen LogP contribution in [0.4, 0.5) is 0 Å². The Labute approximate surface area is 89.8 Å². The molecule has 0 unspecified atom stereocenters. The topological polar surface area (TPSA) is 55.8 Å². The molecule has 0 amide bonds. The van der Waals surface area contributed by atoms with Crippen LogP contribution in [0.1, 0.15) is 0 Å². The Hall–Kier alpha value is -0.880. The molecular weight excluding hydrogens is 224 g/mol. The van der Waals surface area contributed by atoms with E-state index in [9.17, 15) is 4.79 Å². The highest BCUT2D eigenvalue weighted by Gasteiger charge is 2.14. The van der Waals surface area contributed by atoms with Gasteiger partial charge >= 0.3 is 5.97 Å². The van der Waals surface area contributed by atoms with Crippen molar-refractivity contribution in [3.05, 3.63) is 5.38 Å². The Morgan fingerprint density at radius 3 is 2.79 bits per heavy atom. The molecule has 4 nitrogen and oxygen atoms in total. The number of rotatable bonds is 5. The predicted molar refractivity (Wildman–Crippen MR) is 55.8 cm³/mol. The molecule has 0 fully saturated rings. The fourth-order valence-corrected chi connectivity index (χ4v) is 2.74. The van der Waals surface area contributed by atoms with Gasteiger partial charge in [-0.15, -0.1) is 11.3 Å². The lowest BCUT2D eigenvalue weighted by Crippen LogP contribution is -1.97. The fraction of sp³-hybridized carbons (Fsp3) is 0.375. The number of carbonyl (C=O) groups is 1. The summed E-state index contributed by atoms with van der Waals surface area (Å²) < 4.78 is 11.0. The minimum absolute atomic E-state index is 0.0278. The molecule has 0 aliphatic heterocycles. The summed E-state index contributed by atoms with van der Waals surface area (Å²) in [6.45, 7) is 0. The number of aliphatic carboxylic acids is 1. The third-order valence-electron chi connectivity index (χ3n) is 1.43. The summed E-state index contributed by atoms with van der Waals surface area (Å²) in [5, 5.41) is 10.3. The van der Waals surface area contributed by atoms with E-state index < -0.39 is 5.97 Å². The first kappa shape index (κ1) is 11.2. The number of carboxylic acid groups (broad SMARTS) is 1. The molecule has 1 rings (SSSR count). The van der Waals surface area contributed by atoms with Crippen molar-refractivity contribution in [3.63, 3.8) is 0 Å². The van der Waals surface area contributed by atoms with E-state index in [1.807, 2.05) is 0 Å². The Balaban J connectivity index is 2.75. The van der Waals surface area contributed by atoms with E-state index in [-0.39, 0.29) is 5.75 Å². The van der Waals surface area contributed by atoms with Gasteiger partial charge in [0, 0.05) is 5.38 Å². The minimum Gasteiger partial charge on any atom is -0.492 e. The SMILES string of the molecule is COc1csc(SCC(=O)O)c1OC. The molecule has 1 aromatic heterocycles. The largest absolute Gasteiger partial charge is 0.492 e. The van der Waals surface area contributed by atoms with Gasteiger partial charge in [-0.05, 0) is 0 Å². The zero-order chi connectivity index (χ0) is 10.6. The Morgan fingerprint density at radius 1 is 1.57 bits per heavy atom. The second-order valence-corrected chi connectivity index (χ2v) is 4.43. The molecule has 1 aromatic rings. The molecule has 0 atom stereocenters. The monoisotopic (exact) mass is 234 g/mol. The molecule has 0 bridgehead atoms. The van der Waals surface area contributed by atoms with Crippen LogP contribution in [0.25, 0.3) is 0 Å². The lowest BCUT2D eigenvalue weighted by atomic mass is 10.5. The second-order valence-electron chi connectivity index (χ2n) is 2.31. The van der Waals surface area contributed by atoms with E-state index in [0.29, 0.717) is 11.5 Å². The maximum atomic E-state index is 10.4. The van der Waals surface area contributed by atoms with Crippen molar-refractivity contribution in [1.82, 2.24) is 0 Å². The summed E-state index contributed by atoms with van der Waals surface area (Å²) in [7, 11) is 3.09. The highest BCUT2D eigenvalue weighted by Crippen LogP contribution is 2.43. The molecule has 0 saturated carbocycles. The summed E-state index contributed by atoms with van der Waals surface area (Å²) in [5.41, 5.74) is 0. The van der Waals surface area contributed by atoms with E-state index in [4.69, 9.17) is 14.6 Å². The Kier molecular flexibility index (Phi) is 4.09. The molecule has 78 valence electrons. The van der Waals surface area contributed by atoms with Crippen molar-refractivity contribution in [2.45, 2.75) is 4.21 Å². The summed E-state index contributed by atoms with van der Waals surface area (Å²) >= 11 is 2.65. The van der Waals surface area contributed by atoms with Gasteiger partial charge in [-0.2, -0.15) is 0 Å². The number of hydrogen-bond acceptors (Lipinski definition) is 5. The number of thiophene rings is 1. The molecule has 1 heterocycles. The molecule has 0 aromatic carbocycles. The number of hydrogen-bond donors (Lipinski definition) is 1. The molecule has 0 spiro atoms. The van der Waals surface area contributed by atoms with Gasteiger partial charge in [-0.1, -0.05) is 11.8 Å². The van der Waals surface area contributed by atoms with Gasteiger partial charge in [0.25, 0.3) is 0 Å². The van der Waals surface area contributed by atoms with Crippen LogP contribution in [0.3, 0.4) is 0 Å². The normalized spacial score (nSPS) is 9.86. The van der Waals surface area contributed by atoms with Gasteiger partial charge in [-0.25, -0.2) is 0 Å². The number of methoxy groups -OCH3 is 2. The Morgan fingerprint density at radius 2 is 2.29 bits per heavy atom. The van der Waals surface area contributed by atoms with Crippen molar-refractivity contribution in [2.75, 3.05) is 20.0 Å². The smallest absolute Gasteiger partial charge is 0.313 e.